The van der Waals surface area contributed by atoms with E-state index in [1.165, 1.54) is 70.3 Å². The van der Waals surface area contributed by atoms with Crippen molar-refractivity contribution in [2.45, 2.75) is 161 Å². The van der Waals surface area contributed by atoms with Crippen LogP contribution in [0, 0.1) is 0 Å². The highest BCUT2D eigenvalue weighted by atomic mass is 32.2. The van der Waals surface area contributed by atoms with Gasteiger partial charge in [-0.1, -0.05) is 133 Å². The predicted molar refractivity (Wildman–Crippen MR) is 179 cm³/mol. The maximum absolute atomic E-state index is 12.4. The van der Waals surface area contributed by atoms with Gasteiger partial charge in [0.2, 0.25) is 5.91 Å². The van der Waals surface area contributed by atoms with Gasteiger partial charge in [-0.15, -0.1) is 0 Å². The van der Waals surface area contributed by atoms with Gasteiger partial charge in [0.1, 0.15) is 0 Å². The van der Waals surface area contributed by atoms with Crippen LogP contribution < -0.4 is 5.32 Å². The Kier molecular flexibility index (Phi) is 28.2. The number of hydrogen-bond donors (Lipinski definition) is 3. The Morgan fingerprint density at radius 2 is 1.07 bits per heavy atom. The summed E-state index contributed by atoms with van der Waals surface area (Å²) < 4.78 is 32.1. The van der Waals surface area contributed by atoms with Crippen LogP contribution in [-0.4, -0.2) is 41.9 Å². The van der Waals surface area contributed by atoms with Crippen LogP contribution in [-0.2, 0) is 14.9 Å². The molecule has 0 fully saturated rings. The Morgan fingerprint density at radius 3 is 1.62 bits per heavy atom. The zero-order valence-corrected chi connectivity index (χ0v) is 27.7. The monoisotopic (exact) mass is 609 g/mol. The first-order valence-corrected chi connectivity index (χ1v) is 18.4. The van der Waals surface area contributed by atoms with Gasteiger partial charge in [0.25, 0.3) is 10.1 Å². The van der Waals surface area contributed by atoms with Crippen LogP contribution in [0.3, 0.4) is 0 Å². The number of rotatable bonds is 29. The van der Waals surface area contributed by atoms with E-state index in [1.807, 2.05) is 6.08 Å². The summed E-state index contributed by atoms with van der Waals surface area (Å²) in [4.78, 5) is 12.4. The zero-order valence-electron chi connectivity index (χ0n) is 26.9. The highest BCUT2D eigenvalue weighted by Crippen LogP contribution is 2.11. The van der Waals surface area contributed by atoms with Gasteiger partial charge in [-0.05, 0) is 57.8 Å². The molecule has 0 aromatic carbocycles. The molecule has 7 heteroatoms. The van der Waals surface area contributed by atoms with E-state index in [1.54, 1.807) is 0 Å². The van der Waals surface area contributed by atoms with Gasteiger partial charge in [0, 0.05) is 6.42 Å². The number of nitrogens with one attached hydrogen (secondary N) is 1. The Labute approximate surface area is 259 Å². The molecule has 0 aromatic rings. The maximum Gasteiger partial charge on any atom is 0.267 e. The van der Waals surface area contributed by atoms with Crippen molar-refractivity contribution in [3.05, 3.63) is 48.6 Å². The molecule has 1 amide bonds. The lowest BCUT2D eigenvalue weighted by Crippen LogP contribution is -2.46. The number of amides is 1. The third-order valence-electron chi connectivity index (χ3n) is 7.25. The lowest BCUT2D eigenvalue weighted by Gasteiger charge is -2.21. The van der Waals surface area contributed by atoms with Gasteiger partial charge in [-0.3, -0.25) is 9.35 Å². The zero-order chi connectivity index (χ0) is 31.2. The van der Waals surface area contributed by atoms with Crippen molar-refractivity contribution in [2.75, 3.05) is 5.75 Å². The van der Waals surface area contributed by atoms with Gasteiger partial charge in [0.05, 0.1) is 17.9 Å². The van der Waals surface area contributed by atoms with Crippen LogP contribution in [0.1, 0.15) is 149 Å². The van der Waals surface area contributed by atoms with Crippen molar-refractivity contribution in [1.82, 2.24) is 5.32 Å². The van der Waals surface area contributed by atoms with Crippen molar-refractivity contribution in [3.8, 4) is 0 Å². The fourth-order valence-electron chi connectivity index (χ4n) is 4.69. The molecule has 0 saturated heterocycles. The second-order valence-corrected chi connectivity index (χ2v) is 12.9. The molecule has 0 heterocycles. The Balaban J connectivity index is 3.99. The third kappa shape index (κ3) is 29.8. The van der Waals surface area contributed by atoms with Gasteiger partial charge in [-0.2, -0.15) is 8.42 Å². The molecule has 6 nitrogen and oxygen atoms in total. The van der Waals surface area contributed by atoms with Crippen molar-refractivity contribution in [2.24, 2.45) is 0 Å². The summed E-state index contributed by atoms with van der Waals surface area (Å²) in [5.74, 6) is -1.00. The molecule has 0 aliphatic rings. The lowest BCUT2D eigenvalue weighted by molar-refractivity contribution is -0.122. The second-order valence-electron chi connectivity index (χ2n) is 11.4. The molecule has 0 aliphatic heterocycles. The lowest BCUT2D eigenvalue weighted by atomic mass is 10.1. The van der Waals surface area contributed by atoms with Crippen molar-refractivity contribution in [3.63, 3.8) is 0 Å². The largest absolute Gasteiger partial charge is 0.387 e. The SMILES string of the molecule is CCCCC/C=C\C/C=C\C/C=C\CCCCCCCCC(=O)NC(CS(=O)(=O)O)C(O)/C=C/CCCCCCCC. The molecule has 244 valence electrons. The van der Waals surface area contributed by atoms with Crippen LogP contribution >= 0.6 is 0 Å². The molecule has 0 saturated carbocycles. The van der Waals surface area contributed by atoms with Crippen LogP contribution in [0.4, 0.5) is 0 Å². The quantitative estimate of drug-likeness (QED) is 0.0446. The van der Waals surface area contributed by atoms with Crippen LogP contribution in [0.15, 0.2) is 48.6 Å². The van der Waals surface area contributed by atoms with Gasteiger partial charge in [0.15, 0.2) is 0 Å². The van der Waals surface area contributed by atoms with E-state index in [0.29, 0.717) is 6.42 Å². The molecule has 0 aromatic heterocycles. The molecule has 0 radical (unpaired) electrons. The first-order chi connectivity index (χ1) is 20.3. The highest BCUT2D eigenvalue weighted by molar-refractivity contribution is 7.85. The molecule has 0 rings (SSSR count). The van der Waals surface area contributed by atoms with E-state index < -0.39 is 28.0 Å². The minimum absolute atomic E-state index is 0.279. The molecule has 2 unspecified atom stereocenters. The van der Waals surface area contributed by atoms with E-state index >= 15 is 0 Å². The molecule has 0 spiro atoms. The fourth-order valence-corrected chi connectivity index (χ4v) is 5.42. The van der Waals surface area contributed by atoms with Crippen molar-refractivity contribution < 1.29 is 22.9 Å². The number of unbranched alkanes of at least 4 members (excludes halogenated alkanes) is 15. The molecular formula is C35H63NO5S. The van der Waals surface area contributed by atoms with E-state index in [4.69, 9.17) is 0 Å². The average Bonchev–Trinajstić information content (AvgIpc) is 2.94. The summed E-state index contributed by atoms with van der Waals surface area (Å²) in [6.45, 7) is 4.42. The van der Waals surface area contributed by atoms with E-state index in [0.717, 1.165) is 57.8 Å². The molecule has 0 aliphatic carbocycles. The van der Waals surface area contributed by atoms with E-state index in [2.05, 4.69) is 55.6 Å². The highest BCUT2D eigenvalue weighted by Gasteiger charge is 2.24. The number of carbonyl (C=O) groups is 1. The third-order valence-corrected chi connectivity index (χ3v) is 8.03. The van der Waals surface area contributed by atoms with Crippen molar-refractivity contribution >= 4 is 16.0 Å². The minimum atomic E-state index is -4.34. The summed E-state index contributed by atoms with van der Waals surface area (Å²) in [5, 5.41) is 13.1. The summed E-state index contributed by atoms with van der Waals surface area (Å²) in [7, 11) is -4.34. The van der Waals surface area contributed by atoms with E-state index in [-0.39, 0.29) is 12.3 Å². The van der Waals surface area contributed by atoms with Gasteiger partial charge in [-0.25, -0.2) is 0 Å². The Bertz CT molecular complexity index is 847. The van der Waals surface area contributed by atoms with Crippen molar-refractivity contribution in [1.29, 1.82) is 0 Å². The minimum Gasteiger partial charge on any atom is -0.387 e. The molecule has 0 bridgehead atoms. The van der Waals surface area contributed by atoms with Gasteiger partial charge < -0.3 is 10.4 Å². The summed E-state index contributed by atoms with van der Waals surface area (Å²) in [6, 6.07) is -1.06. The first-order valence-electron chi connectivity index (χ1n) is 16.8. The molecule has 3 N–H and O–H groups in total. The fraction of sp³-hybridized carbons (Fsp3) is 0.743. The average molecular weight is 610 g/mol. The standard InChI is InChI=1S/C35H63NO5S/c1-3-5-7-9-11-13-14-15-16-17-18-19-20-21-22-23-25-27-29-31-35(38)36-33(32-42(39,40)41)34(37)30-28-26-24-12-10-8-6-4-2/h11,13,15-16,18-19,28,30,33-34,37H,3-10,12,14,17,20-27,29,31-32H2,1-2H3,(H,36,38)(H,39,40,41)/b13-11-,16-15-,19-18-,30-28+. The normalized spacial score (nSPS) is 14.1. The number of aliphatic hydroxyl groups excluding tert-OH is 1. The molecular weight excluding hydrogens is 546 g/mol. The van der Waals surface area contributed by atoms with Crippen LogP contribution in [0.2, 0.25) is 0 Å². The topological polar surface area (TPSA) is 104 Å². The summed E-state index contributed by atoms with van der Waals surface area (Å²) >= 11 is 0. The van der Waals surface area contributed by atoms with Crippen LogP contribution in [0.25, 0.3) is 0 Å². The predicted octanol–water partition coefficient (Wildman–Crippen LogP) is 9.18. The number of carbonyl (C=O) groups excluding carboxylic acids is 1. The first kappa shape index (κ1) is 40.3. The molecule has 42 heavy (non-hydrogen) atoms. The maximum atomic E-state index is 12.4. The van der Waals surface area contributed by atoms with Crippen LogP contribution in [0.5, 0.6) is 0 Å². The number of aliphatic hydroxyl groups is 1. The number of hydrogen-bond acceptors (Lipinski definition) is 4. The Morgan fingerprint density at radius 1 is 0.643 bits per heavy atom. The second kappa shape index (κ2) is 29.4. The van der Waals surface area contributed by atoms with Gasteiger partial charge >= 0.3 is 0 Å². The molecule has 2 atom stereocenters. The summed E-state index contributed by atoms with van der Waals surface area (Å²) in [5.41, 5.74) is 0. The Hall–Kier alpha value is -1.70. The number of allylic oxidation sites excluding steroid dienone is 7. The smallest absolute Gasteiger partial charge is 0.267 e. The van der Waals surface area contributed by atoms with E-state index in [9.17, 15) is 22.9 Å². The summed E-state index contributed by atoms with van der Waals surface area (Å²) in [6.07, 6.45) is 38.1.